The molecule has 3 heterocycles. The van der Waals surface area contributed by atoms with Gasteiger partial charge >= 0.3 is 0 Å². The van der Waals surface area contributed by atoms with Crippen LogP contribution in [0.4, 0.5) is 11.6 Å². The van der Waals surface area contributed by atoms with Gasteiger partial charge in [0.05, 0.1) is 5.69 Å². The van der Waals surface area contributed by atoms with Gasteiger partial charge in [-0.05, 0) is 35.0 Å². The molecular formula is C19H15N7O2. The van der Waals surface area contributed by atoms with Crippen molar-refractivity contribution in [3.05, 3.63) is 75.6 Å². The van der Waals surface area contributed by atoms with Crippen LogP contribution < -0.4 is 10.9 Å². The molecule has 9 heteroatoms. The Balaban J connectivity index is 1.81. The molecule has 0 unspecified atom stereocenters. The third-order valence-corrected chi connectivity index (χ3v) is 4.80. The molecule has 5 rings (SSSR count). The van der Waals surface area contributed by atoms with E-state index in [1.165, 1.54) is 0 Å². The van der Waals surface area contributed by atoms with Gasteiger partial charge in [0.1, 0.15) is 17.5 Å². The lowest BCUT2D eigenvalue weighted by atomic mass is 9.92. The van der Waals surface area contributed by atoms with Gasteiger partial charge in [-0.25, -0.2) is 5.10 Å². The van der Waals surface area contributed by atoms with Crippen molar-refractivity contribution in [1.82, 2.24) is 30.4 Å². The zero-order valence-corrected chi connectivity index (χ0v) is 14.8. The number of nitrogens with zero attached hydrogens (tertiary/aromatic N) is 5. The summed E-state index contributed by atoms with van der Waals surface area (Å²) < 4.78 is 1.60. The minimum atomic E-state index is -0.479. The Morgan fingerprint density at radius 3 is 2.57 bits per heavy atom. The quantitative estimate of drug-likeness (QED) is 0.433. The van der Waals surface area contributed by atoms with Gasteiger partial charge in [-0.2, -0.15) is 9.78 Å². The summed E-state index contributed by atoms with van der Waals surface area (Å²) in [6, 6.07) is 14.2. The number of phenols is 1. The molecule has 1 aliphatic heterocycles. The number of fused-ring (bicyclic) bond motifs is 2. The molecule has 3 N–H and O–H groups in total. The molecule has 1 atom stereocenters. The maximum atomic E-state index is 12.6. The van der Waals surface area contributed by atoms with Gasteiger partial charge in [0.2, 0.25) is 5.95 Å². The van der Waals surface area contributed by atoms with E-state index < -0.39 is 6.04 Å². The molecule has 2 aromatic carbocycles. The van der Waals surface area contributed by atoms with E-state index in [-0.39, 0.29) is 11.3 Å². The Bertz CT molecular complexity index is 1230. The number of phenolic OH excluding ortho intramolecular Hbond substituents is 1. The fourth-order valence-electron chi connectivity index (χ4n) is 3.43. The number of aromatic amines is 1. The second kappa shape index (κ2) is 6.02. The van der Waals surface area contributed by atoms with Crippen LogP contribution >= 0.6 is 0 Å². The summed E-state index contributed by atoms with van der Waals surface area (Å²) in [7, 11) is 0. The van der Waals surface area contributed by atoms with Gasteiger partial charge in [0.25, 0.3) is 5.56 Å². The molecule has 0 fully saturated rings. The van der Waals surface area contributed by atoms with Crippen molar-refractivity contribution in [2.45, 2.75) is 13.0 Å². The molecule has 0 saturated carbocycles. The Morgan fingerprint density at radius 1 is 1.07 bits per heavy atom. The van der Waals surface area contributed by atoms with E-state index in [4.69, 9.17) is 0 Å². The predicted molar refractivity (Wildman–Crippen MR) is 101 cm³/mol. The summed E-state index contributed by atoms with van der Waals surface area (Å²) in [5.41, 5.74) is 4.09. The van der Waals surface area contributed by atoms with Crippen molar-refractivity contribution in [1.29, 1.82) is 0 Å². The second-order valence-corrected chi connectivity index (χ2v) is 6.62. The first-order valence-corrected chi connectivity index (χ1v) is 8.65. The molecule has 0 amide bonds. The smallest absolute Gasteiger partial charge is 0.288 e. The lowest BCUT2D eigenvalue weighted by Gasteiger charge is -2.27. The molecule has 2 aromatic heterocycles. The summed E-state index contributed by atoms with van der Waals surface area (Å²) in [4.78, 5) is 12.6. The Hall–Kier alpha value is -4.01. The largest absolute Gasteiger partial charge is 0.508 e. The summed E-state index contributed by atoms with van der Waals surface area (Å²) in [6.45, 7) is 2.01. The van der Waals surface area contributed by atoms with E-state index in [0.717, 1.165) is 16.7 Å². The highest BCUT2D eigenvalue weighted by molar-refractivity contribution is 5.75. The number of H-pyrrole nitrogens is 1. The second-order valence-electron chi connectivity index (χ2n) is 6.62. The number of hydrogen-bond donors (Lipinski definition) is 3. The van der Waals surface area contributed by atoms with Crippen molar-refractivity contribution in [2.24, 2.45) is 0 Å². The number of hydrogen-bond acceptors (Lipinski definition) is 7. The Morgan fingerprint density at radius 2 is 1.82 bits per heavy atom. The van der Waals surface area contributed by atoms with Crippen LogP contribution in [0.3, 0.4) is 0 Å². The minimum absolute atomic E-state index is 0.151. The Labute approximate surface area is 158 Å². The van der Waals surface area contributed by atoms with Crippen molar-refractivity contribution >= 4 is 11.6 Å². The fourth-order valence-corrected chi connectivity index (χ4v) is 3.43. The van der Waals surface area contributed by atoms with Crippen molar-refractivity contribution < 1.29 is 5.11 Å². The highest BCUT2D eigenvalue weighted by Gasteiger charge is 2.34. The zero-order chi connectivity index (χ0) is 19.3. The average molecular weight is 373 g/mol. The number of benzene rings is 2. The van der Waals surface area contributed by atoms with E-state index in [2.05, 4.69) is 31.0 Å². The standard InChI is InChI=1S/C19H15N7O2/c1-10-2-4-11(5-3-10)15-14-16(18(28)22-21-15)20-19-23-24-25-26(19)17(14)12-6-8-13(27)9-7-12/h2-9,17,27H,1H3,(H,22,28)(H,20,23,25)/t17-/m1/s1. The van der Waals surface area contributed by atoms with Crippen LogP contribution in [-0.2, 0) is 0 Å². The summed E-state index contributed by atoms with van der Waals surface area (Å²) in [5, 5.41) is 31.4. The highest BCUT2D eigenvalue weighted by Crippen LogP contribution is 2.41. The first kappa shape index (κ1) is 16.2. The number of anilines is 2. The van der Waals surface area contributed by atoms with Crippen molar-refractivity contribution in [3.8, 4) is 17.0 Å². The van der Waals surface area contributed by atoms with Gasteiger partial charge in [-0.1, -0.05) is 47.1 Å². The molecule has 4 aromatic rings. The first-order chi connectivity index (χ1) is 13.6. The molecule has 0 aliphatic carbocycles. The molecule has 0 saturated heterocycles. The van der Waals surface area contributed by atoms with Gasteiger partial charge in [-0.15, -0.1) is 0 Å². The zero-order valence-electron chi connectivity index (χ0n) is 14.8. The van der Waals surface area contributed by atoms with E-state index >= 15 is 0 Å². The van der Waals surface area contributed by atoms with Crippen molar-refractivity contribution in [3.63, 3.8) is 0 Å². The van der Waals surface area contributed by atoms with Crippen LogP contribution in [0, 0.1) is 6.92 Å². The molecular weight excluding hydrogens is 358 g/mol. The third kappa shape index (κ3) is 2.44. The van der Waals surface area contributed by atoms with Crippen LogP contribution in [0.15, 0.2) is 53.3 Å². The molecule has 0 spiro atoms. The SMILES string of the molecule is Cc1ccc(-c2n[nH]c(=O)c3c2[C@@H](c2ccc(O)cc2)n2nnnc2N3)cc1. The van der Waals surface area contributed by atoms with Gasteiger partial charge < -0.3 is 10.4 Å². The van der Waals surface area contributed by atoms with Gasteiger partial charge in [-0.3, -0.25) is 4.79 Å². The fraction of sp³-hybridized carbons (Fsp3) is 0.105. The predicted octanol–water partition coefficient (Wildman–Crippen LogP) is 2.13. The number of aromatic nitrogens is 6. The number of aryl methyl sites for hydroxylation is 1. The van der Waals surface area contributed by atoms with Gasteiger partial charge in [0, 0.05) is 11.1 Å². The summed E-state index contributed by atoms with van der Waals surface area (Å²) in [6.07, 6.45) is 0. The molecule has 0 radical (unpaired) electrons. The van der Waals surface area contributed by atoms with E-state index in [0.29, 0.717) is 22.9 Å². The minimum Gasteiger partial charge on any atom is -0.508 e. The van der Waals surface area contributed by atoms with Crippen LogP contribution in [0.5, 0.6) is 5.75 Å². The number of rotatable bonds is 2. The Kier molecular flexibility index (Phi) is 3.48. The van der Waals surface area contributed by atoms with Crippen molar-refractivity contribution in [2.75, 3.05) is 5.32 Å². The number of nitrogens with one attached hydrogen (secondary N) is 2. The highest BCUT2D eigenvalue weighted by atomic mass is 16.3. The molecule has 9 nitrogen and oxygen atoms in total. The normalized spacial score (nSPS) is 14.8. The van der Waals surface area contributed by atoms with E-state index in [9.17, 15) is 9.90 Å². The maximum absolute atomic E-state index is 12.6. The van der Waals surface area contributed by atoms with E-state index in [1.807, 2.05) is 31.2 Å². The number of tetrazole rings is 1. The first-order valence-electron chi connectivity index (χ1n) is 8.65. The summed E-state index contributed by atoms with van der Waals surface area (Å²) >= 11 is 0. The van der Waals surface area contributed by atoms with Crippen LogP contribution in [0.25, 0.3) is 11.3 Å². The monoisotopic (exact) mass is 373 g/mol. The van der Waals surface area contributed by atoms with E-state index in [1.54, 1.807) is 28.9 Å². The lowest BCUT2D eigenvalue weighted by molar-refractivity contribution is 0.474. The molecule has 0 bridgehead atoms. The molecule has 1 aliphatic rings. The average Bonchev–Trinajstić information content (AvgIpc) is 3.17. The summed E-state index contributed by atoms with van der Waals surface area (Å²) in [5.74, 6) is 0.509. The topological polar surface area (TPSA) is 122 Å². The number of aromatic hydroxyl groups is 1. The van der Waals surface area contributed by atoms with Crippen LogP contribution in [0.2, 0.25) is 0 Å². The molecule has 138 valence electrons. The lowest BCUT2D eigenvalue weighted by Crippen LogP contribution is -2.29. The van der Waals surface area contributed by atoms with Crippen LogP contribution in [0.1, 0.15) is 22.7 Å². The maximum Gasteiger partial charge on any atom is 0.288 e. The molecule has 28 heavy (non-hydrogen) atoms. The third-order valence-electron chi connectivity index (χ3n) is 4.80. The van der Waals surface area contributed by atoms with Gasteiger partial charge in [0.15, 0.2) is 0 Å². The van der Waals surface area contributed by atoms with Crippen LogP contribution in [-0.4, -0.2) is 35.5 Å².